The molecule has 4 rings (SSSR count). The Hall–Kier alpha value is -3.48. The highest BCUT2D eigenvalue weighted by atomic mass is 19.1. The summed E-state index contributed by atoms with van der Waals surface area (Å²) in [5, 5.41) is 2.89. The molecule has 2 heterocycles. The van der Waals surface area contributed by atoms with Crippen molar-refractivity contribution in [3.05, 3.63) is 77.2 Å². The fourth-order valence-corrected chi connectivity index (χ4v) is 4.30. The lowest BCUT2D eigenvalue weighted by Crippen LogP contribution is -2.52. The van der Waals surface area contributed by atoms with Gasteiger partial charge in [0.1, 0.15) is 11.6 Å². The first-order valence-corrected chi connectivity index (χ1v) is 11.9. The maximum Gasteiger partial charge on any atom is 0.317 e. The molecule has 6 nitrogen and oxygen atoms in total. The molecule has 0 atom stereocenters. The summed E-state index contributed by atoms with van der Waals surface area (Å²) in [5.74, 6) is 1.55. The van der Waals surface area contributed by atoms with Crippen LogP contribution in [0.5, 0.6) is 0 Å². The Labute approximate surface area is 200 Å². The number of aromatic nitrogens is 2. The molecule has 1 fully saturated rings. The molecule has 3 aromatic rings. The SMILES string of the molecule is CCNC(=O)N1CCN(c2nc(-c3ccccc3)nc(C(C)C)c2Cc2ccc(F)cc2)CC1. The first-order valence-electron chi connectivity index (χ1n) is 11.9. The van der Waals surface area contributed by atoms with Crippen molar-refractivity contribution >= 4 is 11.8 Å². The zero-order chi connectivity index (χ0) is 24.1. The van der Waals surface area contributed by atoms with E-state index in [0.717, 1.165) is 28.2 Å². The number of hydrogen-bond donors (Lipinski definition) is 1. The number of carbonyl (C=O) groups is 1. The van der Waals surface area contributed by atoms with Gasteiger partial charge in [-0.05, 0) is 30.5 Å². The van der Waals surface area contributed by atoms with E-state index in [9.17, 15) is 9.18 Å². The number of urea groups is 1. The highest BCUT2D eigenvalue weighted by Gasteiger charge is 2.26. The van der Waals surface area contributed by atoms with Gasteiger partial charge >= 0.3 is 6.03 Å². The summed E-state index contributed by atoms with van der Waals surface area (Å²) in [5.41, 5.74) is 4.05. The van der Waals surface area contributed by atoms with Gasteiger partial charge in [0.15, 0.2) is 5.82 Å². The highest BCUT2D eigenvalue weighted by molar-refractivity contribution is 5.74. The van der Waals surface area contributed by atoms with Gasteiger partial charge in [0.25, 0.3) is 0 Å². The summed E-state index contributed by atoms with van der Waals surface area (Å²) in [4.78, 5) is 26.5. The van der Waals surface area contributed by atoms with Crippen molar-refractivity contribution in [2.75, 3.05) is 37.6 Å². The van der Waals surface area contributed by atoms with E-state index in [1.807, 2.05) is 54.3 Å². The molecule has 2 amide bonds. The lowest BCUT2D eigenvalue weighted by atomic mass is 9.97. The van der Waals surface area contributed by atoms with Crippen molar-refractivity contribution in [1.29, 1.82) is 0 Å². The minimum Gasteiger partial charge on any atom is -0.353 e. The Morgan fingerprint density at radius 1 is 1.00 bits per heavy atom. The fraction of sp³-hybridized carbons (Fsp3) is 0.370. The summed E-state index contributed by atoms with van der Waals surface area (Å²) >= 11 is 0. The van der Waals surface area contributed by atoms with Crippen LogP contribution in [0.4, 0.5) is 15.0 Å². The number of nitrogens with zero attached hydrogens (tertiary/aromatic N) is 4. The number of nitrogens with one attached hydrogen (secondary N) is 1. The number of amides is 2. The van der Waals surface area contributed by atoms with Crippen LogP contribution >= 0.6 is 0 Å². The van der Waals surface area contributed by atoms with Crippen LogP contribution in [0.15, 0.2) is 54.6 Å². The first kappa shape index (κ1) is 23.7. The van der Waals surface area contributed by atoms with Crippen LogP contribution in [-0.4, -0.2) is 53.6 Å². The van der Waals surface area contributed by atoms with Crippen molar-refractivity contribution in [3.63, 3.8) is 0 Å². The Morgan fingerprint density at radius 3 is 2.29 bits per heavy atom. The summed E-state index contributed by atoms with van der Waals surface area (Å²) in [6.45, 7) is 9.46. The molecule has 1 aliphatic heterocycles. The molecule has 0 unspecified atom stereocenters. The molecule has 1 aliphatic rings. The third-order valence-corrected chi connectivity index (χ3v) is 6.08. The number of piperazine rings is 1. The summed E-state index contributed by atoms with van der Waals surface area (Å²) in [7, 11) is 0. The smallest absolute Gasteiger partial charge is 0.317 e. The second-order valence-corrected chi connectivity index (χ2v) is 8.87. The third kappa shape index (κ3) is 5.35. The number of anilines is 1. The summed E-state index contributed by atoms with van der Waals surface area (Å²) < 4.78 is 13.5. The van der Waals surface area contributed by atoms with Gasteiger partial charge in [-0.1, -0.05) is 56.3 Å². The normalized spacial score (nSPS) is 13.9. The van der Waals surface area contributed by atoms with Crippen molar-refractivity contribution in [2.24, 2.45) is 0 Å². The molecule has 1 aromatic heterocycles. The topological polar surface area (TPSA) is 61.4 Å². The quantitative estimate of drug-likeness (QED) is 0.570. The average molecular weight is 462 g/mol. The number of carbonyl (C=O) groups excluding carboxylic acids is 1. The Kier molecular flexibility index (Phi) is 7.40. The molecule has 1 N–H and O–H groups in total. The van der Waals surface area contributed by atoms with Crippen LogP contribution in [0.2, 0.25) is 0 Å². The molecule has 34 heavy (non-hydrogen) atoms. The zero-order valence-corrected chi connectivity index (χ0v) is 20.1. The van der Waals surface area contributed by atoms with Crippen molar-refractivity contribution < 1.29 is 9.18 Å². The van der Waals surface area contributed by atoms with Crippen LogP contribution in [-0.2, 0) is 6.42 Å². The molecule has 7 heteroatoms. The maximum absolute atomic E-state index is 13.5. The molecular weight excluding hydrogens is 429 g/mol. The van der Waals surface area contributed by atoms with Crippen LogP contribution < -0.4 is 10.2 Å². The molecule has 2 aromatic carbocycles. The molecule has 0 aliphatic carbocycles. The van der Waals surface area contributed by atoms with Gasteiger partial charge < -0.3 is 15.1 Å². The molecule has 178 valence electrons. The van der Waals surface area contributed by atoms with Gasteiger partial charge in [-0.15, -0.1) is 0 Å². The molecule has 1 saturated heterocycles. The summed E-state index contributed by atoms with van der Waals surface area (Å²) in [6.07, 6.45) is 0.620. The second kappa shape index (κ2) is 10.6. The van der Waals surface area contributed by atoms with E-state index in [0.29, 0.717) is 45.0 Å². The fourth-order valence-electron chi connectivity index (χ4n) is 4.30. The Balaban J connectivity index is 1.74. The van der Waals surface area contributed by atoms with Crippen molar-refractivity contribution in [3.8, 4) is 11.4 Å². The van der Waals surface area contributed by atoms with Crippen molar-refractivity contribution in [1.82, 2.24) is 20.2 Å². The molecule has 0 saturated carbocycles. The Morgan fingerprint density at radius 2 is 1.68 bits per heavy atom. The minimum absolute atomic E-state index is 0.0239. The first-order chi connectivity index (χ1) is 16.5. The lowest BCUT2D eigenvalue weighted by molar-refractivity contribution is 0.195. The molecule has 0 radical (unpaired) electrons. The average Bonchev–Trinajstić information content (AvgIpc) is 2.86. The van der Waals surface area contributed by atoms with Crippen LogP contribution in [0.1, 0.15) is 43.5 Å². The molecule has 0 spiro atoms. The third-order valence-electron chi connectivity index (χ3n) is 6.08. The van der Waals surface area contributed by atoms with Crippen LogP contribution in [0.25, 0.3) is 11.4 Å². The second-order valence-electron chi connectivity index (χ2n) is 8.87. The molecular formula is C27H32FN5O. The summed E-state index contributed by atoms with van der Waals surface area (Å²) in [6, 6.07) is 16.6. The Bertz CT molecular complexity index is 1110. The van der Waals surface area contributed by atoms with E-state index in [1.165, 1.54) is 12.1 Å². The van der Waals surface area contributed by atoms with Crippen LogP contribution in [0.3, 0.4) is 0 Å². The number of hydrogen-bond acceptors (Lipinski definition) is 4. The molecule has 0 bridgehead atoms. The van der Waals surface area contributed by atoms with Gasteiger partial charge in [0.2, 0.25) is 0 Å². The van der Waals surface area contributed by atoms with Gasteiger partial charge in [0.05, 0.1) is 5.69 Å². The monoisotopic (exact) mass is 461 g/mol. The largest absolute Gasteiger partial charge is 0.353 e. The van der Waals surface area contributed by atoms with Gasteiger partial charge in [-0.2, -0.15) is 0 Å². The standard InChI is InChI=1S/C27H32FN5O/c1-4-29-27(34)33-16-14-32(15-17-33)26-23(18-20-10-12-22(28)13-11-20)24(19(2)3)30-25(31-26)21-8-6-5-7-9-21/h5-13,19H,4,14-18H2,1-3H3,(H,29,34). The number of halogens is 1. The predicted octanol–water partition coefficient (Wildman–Crippen LogP) is 4.85. The van der Waals surface area contributed by atoms with Gasteiger partial charge in [-0.25, -0.2) is 19.2 Å². The zero-order valence-electron chi connectivity index (χ0n) is 20.1. The van der Waals surface area contributed by atoms with E-state index >= 15 is 0 Å². The highest BCUT2D eigenvalue weighted by Crippen LogP contribution is 2.32. The van der Waals surface area contributed by atoms with E-state index in [4.69, 9.17) is 9.97 Å². The van der Waals surface area contributed by atoms with E-state index < -0.39 is 0 Å². The predicted molar refractivity (Wildman–Crippen MR) is 134 cm³/mol. The number of benzene rings is 2. The number of rotatable bonds is 6. The maximum atomic E-state index is 13.5. The minimum atomic E-state index is -0.245. The van der Waals surface area contributed by atoms with Crippen molar-refractivity contribution in [2.45, 2.75) is 33.1 Å². The van der Waals surface area contributed by atoms with E-state index in [1.54, 1.807) is 0 Å². The van der Waals surface area contributed by atoms with Gasteiger partial charge in [-0.3, -0.25) is 0 Å². The van der Waals surface area contributed by atoms with E-state index in [-0.39, 0.29) is 17.8 Å². The lowest BCUT2D eigenvalue weighted by Gasteiger charge is -2.36. The van der Waals surface area contributed by atoms with Crippen LogP contribution in [0, 0.1) is 5.82 Å². The van der Waals surface area contributed by atoms with E-state index in [2.05, 4.69) is 24.1 Å². The van der Waals surface area contributed by atoms with Gasteiger partial charge in [0, 0.05) is 50.3 Å².